The normalized spacial score (nSPS) is 12.9. The Morgan fingerprint density at radius 1 is 1.20 bits per heavy atom. The number of rotatable bonds is 10. The van der Waals surface area contributed by atoms with Gasteiger partial charge in [-0.05, 0) is 29.3 Å². The van der Waals surface area contributed by atoms with Gasteiger partial charge in [0, 0.05) is 44.1 Å². The molecule has 1 unspecified atom stereocenters. The number of nitrogens with two attached hydrogens (primary N) is 1. The van der Waals surface area contributed by atoms with Crippen molar-refractivity contribution in [3.8, 4) is 11.3 Å². The van der Waals surface area contributed by atoms with E-state index in [0.29, 0.717) is 35.7 Å². The Labute approximate surface area is 200 Å². The van der Waals surface area contributed by atoms with E-state index in [4.69, 9.17) is 14.8 Å². The first-order valence-corrected chi connectivity index (χ1v) is 12.0. The van der Waals surface area contributed by atoms with Gasteiger partial charge in [-0.15, -0.1) is 0 Å². The molecule has 0 aliphatic heterocycles. The van der Waals surface area contributed by atoms with Gasteiger partial charge < -0.3 is 14.7 Å². The first-order chi connectivity index (χ1) is 16.8. The van der Waals surface area contributed by atoms with E-state index in [2.05, 4.69) is 20.0 Å². The molecule has 4 aromatic rings. The average Bonchev–Trinajstić information content (AvgIpc) is 3.31. The lowest BCUT2D eigenvalue weighted by atomic mass is 10.1. The predicted octanol–water partition coefficient (Wildman–Crippen LogP) is 3.67. The van der Waals surface area contributed by atoms with Gasteiger partial charge in [0.05, 0.1) is 11.9 Å². The Kier molecular flexibility index (Phi) is 7.52. The molecule has 3 aromatic heterocycles. The van der Waals surface area contributed by atoms with Crippen LogP contribution in [-0.4, -0.2) is 22.1 Å². The minimum absolute atomic E-state index is 0.275. The van der Waals surface area contributed by atoms with Gasteiger partial charge in [-0.3, -0.25) is 10.3 Å². The second kappa shape index (κ2) is 10.7. The third-order valence-electron chi connectivity index (χ3n) is 5.16. The number of nitrogens with one attached hydrogen (secondary N) is 1. The highest BCUT2D eigenvalue weighted by Gasteiger charge is 2.22. The summed E-state index contributed by atoms with van der Waals surface area (Å²) in [6, 6.07) is 16.2. The lowest BCUT2D eigenvalue weighted by molar-refractivity contribution is -0.711. The van der Waals surface area contributed by atoms with Crippen molar-refractivity contribution in [1.82, 2.24) is 10.1 Å². The molecule has 35 heavy (non-hydrogen) atoms. The van der Waals surface area contributed by atoms with Crippen molar-refractivity contribution >= 4 is 19.3 Å². The van der Waals surface area contributed by atoms with Crippen LogP contribution in [0.25, 0.3) is 11.3 Å². The van der Waals surface area contributed by atoms with Crippen molar-refractivity contribution in [3.05, 3.63) is 89.8 Å². The summed E-state index contributed by atoms with van der Waals surface area (Å²) >= 11 is 0. The number of aromatic nitrogens is 3. The van der Waals surface area contributed by atoms with E-state index in [1.807, 2.05) is 24.3 Å². The van der Waals surface area contributed by atoms with Crippen LogP contribution in [0.3, 0.4) is 0 Å². The van der Waals surface area contributed by atoms with E-state index < -0.39 is 13.8 Å². The average molecular weight is 500 g/mol. The lowest BCUT2D eigenvalue weighted by Crippen LogP contribution is -2.38. The highest BCUT2D eigenvalue weighted by Crippen LogP contribution is 2.41. The van der Waals surface area contributed by atoms with E-state index in [1.54, 1.807) is 30.5 Å². The number of anilines is 2. The van der Waals surface area contributed by atoms with E-state index in [9.17, 15) is 13.8 Å². The highest BCUT2D eigenvalue weighted by molar-refractivity contribution is 7.47. The molecule has 0 saturated heterocycles. The molecule has 0 aliphatic carbocycles. The summed E-state index contributed by atoms with van der Waals surface area (Å²) in [5.74, 6) is 0.202. The number of pyridine rings is 2. The molecule has 4 rings (SSSR count). The zero-order chi connectivity index (χ0) is 24.8. The van der Waals surface area contributed by atoms with Crippen LogP contribution in [0.1, 0.15) is 16.8 Å². The summed E-state index contributed by atoms with van der Waals surface area (Å²) < 4.78 is 41.0. The molecule has 0 saturated carbocycles. The summed E-state index contributed by atoms with van der Waals surface area (Å²) in [5.41, 5.74) is 10.2. The van der Waals surface area contributed by atoms with E-state index in [-0.39, 0.29) is 12.5 Å². The van der Waals surface area contributed by atoms with Crippen LogP contribution >= 0.6 is 7.82 Å². The minimum atomic E-state index is -4.14. The Hall–Kier alpha value is -3.63. The molecule has 0 radical (unpaired) electrons. The Bertz CT molecular complexity index is 1350. The fraction of sp³-hybridized carbons (Fsp3) is 0.174. The summed E-state index contributed by atoms with van der Waals surface area (Å²) in [6.07, 6.45) is 3.56. The maximum absolute atomic E-state index is 13.2. The van der Waals surface area contributed by atoms with Gasteiger partial charge in [0.15, 0.2) is 5.76 Å². The van der Waals surface area contributed by atoms with Gasteiger partial charge in [0.25, 0.3) is 5.82 Å². The van der Waals surface area contributed by atoms with E-state index >= 15 is 0 Å². The Balaban J connectivity index is 1.39. The highest BCUT2D eigenvalue weighted by atomic mass is 31.2. The summed E-state index contributed by atoms with van der Waals surface area (Å²) in [5, 5.41) is 7.29. The fourth-order valence-corrected chi connectivity index (χ4v) is 3.67. The molecule has 0 amide bonds. The van der Waals surface area contributed by atoms with Crippen LogP contribution in [0.5, 0.6) is 0 Å². The molecule has 0 fully saturated rings. The van der Waals surface area contributed by atoms with Crippen LogP contribution in [0, 0.1) is 5.95 Å². The first kappa shape index (κ1) is 24.5. The molecule has 12 heteroatoms. The van der Waals surface area contributed by atoms with Gasteiger partial charge in [-0.25, -0.2) is 18.6 Å². The Morgan fingerprint density at radius 3 is 2.71 bits per heavy atom. The fourth-order valence-electron chi connectivity index (χ4n) is 3.30. The van der Waals surface area contributed by atoms with Crippen LogP contribution in [0.15, 0.2) is 71.5 Å². The third kappa shape index (κ3) is 6.49. The van der Waals surface area contributed by atoms with Gasteiger partial charge in [0.2, 0.25) is 12.7 Å². The zero-order valence-electron chi connectivity index (χ0n) is 18.8. The van der Waals surface area contributed by atoms with Crippen LogP contribution in [0.4, 0.5) is 15.9 Å². The number of hydrogen-bond donors (Lipinski definition) is 3. The van der Waals surface area contributed by atoms with Crippen LogP contribution < -0.4 is 15.6 Å². The number of halogens is 1. The molecular formula is C23H24FN5O5P+. The molecular weight excluding hydrogens is 476 g/mol. The molecule has 182 valence electrons. The zero-order valence-corrected chi connectivity index (χ0v) is 19.7. The largest absolute Gasteiger partial charge is 0.475 e. The maximum Gasteiger partial charge on any atom is 0.475 e. The molecule has 4 N–H and O–H groups in total. The monoisotopic (exact) mass is 500 g/mol. The van der Waals surface area contributed by atoms with Gasteiger partial charge >= 0.3 is 7.82 Å². The number of benzene rings is 1. The van der Waals surface area contributed by atoms with E-state index in [1.165, 1.54) is 16.8 Å². The van der Waals surface area contributed by atoms with Crippen molar-refractivity contribution in [3.63, 3.8) is 0 Å². The van der Waals surface area contributed by atoms with Crippen molar-refractivity contribution in [2.45, 2.75) is 19.7 Å². The summed E-state index contributed by atoms with van der Waals surface area (Å²) in [6.45, 7) is 0.268. The molecule has 0 aliphatic rings. The van der Waals surface area contributed by atoms with Gasteiger partial charge in [0.1, 0.15) is 5.56 Å². The molecule has 1 aromatic carbocycles. The third-order valence-corrected chi connectivity index (χ3v) is 6.06. The second-order valence-corrected chi connectivity index (χ2v) is 9.14. The number of phosphoric ester groups is 1. The van der Waals surface area contributed by atoms with Crippen molar-refractivity contribution in [1.29, 1.82) is 0 Å². The number of hydrogen-bond acceptors (Lipinski definition) is 8. The SMILES string of the molecule is COP(=O)(O)OC[n+]1cccc(-c2cc(Cc3ccc(CNc4ccnc(F)c4)cc3)no2)c1N. The quantitative estimate of drug-likeness (QED) is 0.169. The number of phosphoric acid groups is 1. The van der Waals surface area contributed by atoms with Crippen molar-refractivity contribution in [2.75, 3.05) is 18.2 Å². The maximum atomic E-state index is 13.2. The molecule has 1 atom stereocenters. The van der Waals surface area contributed by atoms with E-state index in [0.717, 1.165) is 18.2 Å². The standard InChI is InChI=1S/C23H23FN5O5P/c1-32-35(30,31)33-15-29-10-2-3-20(23(29)25)21-12-19(28-34-21)11-16-4-6-17(7-5-16)14-27-18-8-9-26-22(24)13-18/h2-10,12-13,25H,11,14-15H2,1H3,(H2,26,27,30,31)/p+1. The minimum Gasteiger partial charge on any atom is -0.381 e. The van der Waals surface area contributed by atoms with Gasteiger partial charge in [-0.2, -0.15) is 4.39 Å². The van der Waals surface area contributed by atoms with Crippen LogP contribution in [-0.2, 0) is 33.3 Å². The predicted molar refractivity (Wildman–Crippen MR) is 125 cm³/mol. The van der Waals surface area contributed by atoms with Gasteiger partial charge in [-0.1, -0.05) is 29.4 Å². The topological polar surface area (TPSA) is 137 Å². The summed E-state index contributed by atoms with van der Waals surface area (Å²) in [4.78, 5) is 13.0. The smallest absolute Gasteiger partial charge is 0.381 e. The number of nitrogens with zero attached hydrogens (tertiary/aromatic N) is 3. The molecule has 10 nitrogen and oxygen atoms in total. The Morgan fingerprint density at radius 2 is 1.97 bits per heavy atom. The first-order valence-electron chi connectivity index (χ1n) is 10.5. The van der Waals surface area contributed by atoms with Crippen molar-refractivity contribution in [2.24, 2.45) is 0 Å². The summed E-state index contributed by atoms with van der Waals surface area (Å²) in [7, 11) is -3.06. The molecule has 3 heterocycles. The van der Waals surface area contributed by atoms with Crippen molar-refractivity contribution < 1.29 is 32.0 Å². The second-order valence-electron chi connectivity index (χ2n) is 7.58. The number of nitrogen functional groups attached to an aromatic ring is 1. The molecule has 0 bridgehead atoms. The van der Waals surface area contributed by atoms with Crippen LogP contribution in [0.2, 0.25) is 0 Å². The lowest BCUT2D eigenvalue weighted by Gasteiger charge is -2.09. The molecule has 0 spiro atoms.